The Hall–Kier alpha value is -0.715. The highest BCUT2D eigenvalue weighted by Crippen LogP contribution is 2.33. The van der Waals surface area contributed by atoms with Gasteiger partial charge < -0.3 is 0 Å². The Morgan fingerprint density at radius 1 is 1.06 bits per heavy atom. The van der Waals surface area contributed by atoms with Crippen LogP contribution in [0.1, 0.15) is 63.1 Å². The average Bonchev–Trinajstić information content (AvgIpc) is 2.26. The van der Waals surface area contributed by atoms with Crippen molar-refractivity contribution in [3.05, 3.63) is 28.8 Å². The lowest BCUT2D eigenvalue weighted by Gasteiger charge is -2.32. The Balaban J connectivity index is 3.24. The molecule has 0 spiro atoms. The summed E-state index contributed by atoms with van der Waals surface area (Å²) >= 11 is 0. The van der Waals surface area contributed by atoms with Gasteiger partial charge in [-0.1, -0.05) is 56.8 Å². The minimum atomic E-state index is 0.367. The summed E-state index contributed by atoms with van der Waals surface area (Å²) in [4.78, 5) is 0. The zero-order valence-corrected chi connectivity index (χ0v) is 12.5. The van der Waals surface area contributed by atoms with Gasteiger partial charge in [-0.15, -0.1) is 0 Å². The van der Waals surface area contributed by atoms with Crippen LogP contribution in [-0.4, -0.2) is 7.85 Å². The summed E-state index contributed by atoms with van der Waals surface area (Å²) in [5, 5.41) is 0. The van der Waals surface area contributed by atoms with Gasteiger partial charge in [0.1, 0.15) is 7.85 Å². The van der Waals surface area contributed by atoms with E-state index in [0.717, 1.165) is 0 Å². The van der Waals surface area contributed by atoms with Crippen molar-refractivity contribution >= 4 is 13.3 Å². The van der Waals surface area contributed by atoms with Crippen molar-refractivity contribution in [2.24, 2.45) is 0 Å². The van der Waals surface area contributed by atoms with Crippen LogP contribution in [0.4, 0.5) is 0 Å². The molecule has 0 aliphatic carbocycles. The van der Waals surface area contributed by atoms with Crippen LogP contribution in [0.25, 0.3) is 0 Å². The van der Waals surface area contributed by atoms with E-state index < -0.39 is 0 Å². The van der Waals surface area contributed by atoms with E-state index in [1.54, 1.807) is 5.56 Å². The van der Waals surface area contributed by atoms with Crippen molar-refractivity contribution in [1.29, 1.82) is 0 Å². The van der Waals surface area contributed by atoms with Crippen molar-refractivity contribution in [2.45, 2.75) is 65.7 Å². The summed E-state index contributed by atoms with van der Waals surface area (Å²) in [6.45, 7) is 11.5. The number of hydrogen-bond acceptors (Lipinski definition) is 0. The van der Waals surface area contributed by atoms with Gasteiger partial charge in [-0.2, -0.15) is 0 Å². The van der Waals surface area contributed by atoms with Crippen LogP contribution in [0.5, 0.6) is 0 Å². The molecule has 94 valence electrons. The molecule has 1 heteroatoms. The predicted octanol–water partition coefficient (Wildman–Crippen LogP) is 3.42. The van der Waals surface area contributed by atoms with Gasteiger partial charge in [-0.05, 0) is 43.2 Å². The van der Waals surface area contributed by atoms with Gasteiger partial charge in [0.2, 0.25) is 0 Å². The Kier molecular flexibility index (Phi) is 4.85. The maximum absolute atomic E-state index is 2.44. The Labute approximate surface area is 108 Å². The number of benzene rings is 1. The fraction of sp³-hybridized carbons (Fsp3) is 0.625. The molecule has 0 saturated heterocycles. The molecule has 0 amide bonds. The first-order valence-electron chi connectivity index (χ1n) is 7.03. The summed E-state index contributed by atoms with van der Waals surface area (Å²) in [7, 11) is 2.29. The lowest BCUT2D eigenvalue weighted by molar-refractivity contribution is 0.394. The summed E-state index contributed by atoms with van der Waals surface area (Å²) in [5.41, 5.74) is 6.34. The third-order valence-electron chi connectivity index (χ3n) is 4.31. The summed E-state index contributed by atoms with van der Waals surface area (Å²) in [5.74, 6) is 0. The fourth-order valence-corrected chi connectivity index (χ4v) is 3.11. The molecular formula is C16H27B. The van der Waals surface area contributed by atoms with Gasteiger partial charge in [0, 0.05) is 0 Å². The molecule has 0 aromatic heterocycles. The SMILES string of the molecule is Bc1c(C(C)(CCC)CCC)ccc(C)c1C. The molecule has 1 aromatic rings. The standard InChI is InChI=1S/C16H27B/c1-6-10-16(5,11-7-2)14-9-8-12(3)13(4)15(14)17/h8-9H,6-7,10-11,17H2,1-5H3. The van der Waals surface area contributed by atoms with Crippen LogP contribution < -0.4 is 5.46 Å². The van der Waals surface area contributed by atoms with Gasteiger partial charge >= 0.3 is 0 Å². The number of hydrogen-bond donors (Lipinski definition) is 0. The fourth-order valence-electron chi connectivity index (χ4n) is 3.11. The Bertz CT molecular complexity index is 373. The van der Waals surface area contributed by atoms with E-state index >= 15 is 0 Å². The topological polar surface area (TPSA) is 0 Å². The van der Waals surface area contributed by atoms with Crippen LogP contribution >= 0.6 is 0 Å². The van der Waals surface area contributed by atoms with Crippen molar-refractivity contribution in [2.75, 3.05) is 0 Å². The molecule has 0 saturated carbocycles. The molecule has 0 radical (unpaired) electrons. The van der Waals surface area contributed by atoms with Gasteiger partial charge in [-0.25, -0.2) is 0 Å². The van der Waals surface area contributed by atoms with E-state index in [4.69, 9.17) is 0 Å². The van der Waals surface area contributed by atoms with Crippen molar-refractivity contribution in [1.82, 2.24) is 0 Å². The van der Waals surface area contributed by atoms with Crippen LogP contribution in [-0.2, 0) is 5.41 Å². The van der Waals surface area contributed by atoms with Crippen LogP contribution in [0.2, 0.25) is 0 Å². The minimum absolute atomic E-state index is 0.367. The van der Waals surface area contributed by atoms with E-state index in [2.05, 4.69) is 54.6 Å². The van der Waals surface area contributed by atoms with E-state index in [-0.39, 0.29) is 0 Å². The Morgan fingerprint density at radius 3 is 2.06 bits per heavy atom. The van der Waals surface area contributed by atoms with Crippen LogP contribution in [0, 0.1) is 13.8 Å². The molecule has 0 heterocycles. The second kappa shape index (κ2) is 5.75. The molecule has 0 aliphatic heterocycles. The van der Waals surface area contributed by atoms with Gasteiger partial charge in [0.15, 0.2) is 0 Å². The van der Waals surface area contributed by atoms with E-state index in [9.17, 15) is 0 Å². The first-order valence-corrected chi connectivity index (χ1v) is 7.03. The highest BCUT2D eigenvalue weighted by molar-refractivity contribution is 6.34. The molecule has 0 aliphatic rings. The number of rotatable bonds is 5. The van der Waals surface area contributed by atoms with E-state index in [1.807, 2.05) is 0 Å². The van der Waals surface area contributed by atoms with Crippen LogP contribution in [0.15, 0.2) is 12.1 Å². The summed E-state index contributed by atoms with van der Waals surface area (Å²) in [6.07, 6.45) is 5.13. The molecule has 0 fully saturated rings. The maximum Gasteiger partial charge on any atom is 0.140 e. The van der Waals surface area contributed by atoms with E-state index in [1.165, 1.54) is 42.3 Å². The van der Waals surface area contributed by atoms with Crippen LogP contribution in [0.3, 0.4) is 0 Å². The second-order valence-electron chi connectivity index (χ2n) is 5.74. The maximum atomic E-state index is 2.44. The third-order valence-corrected chi connectivity index (χ3v) is 4.31. The summed E-state index contributed by atoms with van der Waals surface area (Å²) < 4.78 is 0. The Morgan fingerprint density at radius 2 is 1.59 bits per heavy atom. The smallest absolute Gasteiger partial charge is 0.0822 e. The monoisotopic (exact) mass is 230 g/mol. The molecule has 0 bridgehead atoms. The molecular weight excluding hydrogens is 203 g/mol. The first kappa shape index (κ1) is 14.3. The normalized spacial score (nSPS) is 11.8. The van der Waals surface area contributed by atoms with Gasteiger partial charge in [0.25, 0.3) is 0 Å². The molecule has 0 atom stereocenters. The first-order chi connectivity index (χ1) is 7.96. The zero-order chi connectivity index (χ0) is 13.1. The molecule has 1 aromatic carbocycles. The highest BCUT2D eigenvalue weighted by atomic mass is 14.3. The van der Waals surface area contributed by atoms with Gasteiger partial charge in [-0.3, -0.25) is 0 Å². The van der Waals surface area contributed by atoms with Crippen molar-refractivity contribution in [3.8, 4) is 0 Å². The quantitative estimate of drug-likeness (QED) is 0.680. The third kappa shape index (κ3) is 2.94. The van der Waals surface area contributed by atoms with Crippen molar-refractivity contribution < 1.29 is 0 Å². The predicted molar refractivity (Wildman–Crippen MR) is 81.3 cm³/mol. The lowest BCUT2D eigenvalue weighted by Crippen LogP contribution is -2.30. The summed E-state index contributed by atoms with van der Waals surface area (Å²) in [6, 6.07) is 4.66. The molecule has 0 unspecified atom stereocenters. The highest BCUT2D eigenvalue weighted by Gasteiger charge is 2.26. The molecule has 0 N–H and O–H groups in total. The minimum Gasteiger partial charge on any atom is -0.0822 e. The molecule has 17 heavy (non-hydrogen) atoms. The molecule has 0 nitrogen and oxygen atoms in total. The average molecular weight is 230 g/mol. The van der Waals surface area contributed by atoms with Gasteiger partial charge in [0.05, 0.1) is 0 Å². The van der Waals surface area contributed by atoms with E-state index in [0.29, 0.717) is 5.41 Å². The second-order valence-corrected chi connectivity index (χ2v) is 5.74. The van der Waals surface area contributed by atoms with Crippen molar-refractivity contribution in [3.63, 3.8) is 0 Å². The molecule has 1 rings (SSSR count). The lowest BCUT2D eigenvalue weighted by atomic mass is 9.68. The largest absolute Gasteiger partial charge is 0.140 e. The zero-order valence-electron chi connectivity index (χ0n) is 12.5. The number of aryl methyl sites for hydroxylation is 1.